The fourth-order valence-electron chi connectivity index (χ4n) is 1.69. The molecule has 0 saturated heterocycles. The van der Waals surface area contributed by atoms with Gasteiger partial charge in [0, 0.05) is 11.6 Å². The van der Waals surface area contributed by atoms with Gasteiger partial charge in [-0.25, -0.2) is 4.98 Å². The van der Waals surface area contributed by atoms with Crippen molar-refractivity contribution in [3.8, 4) is 17.1 Å². The molecule has 3 rings (SSSR count). The maximum Gasteiger partial charge on any atom is 0.138 e. The molecule has 3 nitrogen and oxygen atoms in total. The third-order valence-electron chi connectivity index (χ3n) is 2.45. The van der Waals surface area contributed by atoms with Crippen molar-refractivity contribution >= 4 is 11.0 Å². The topological polar surface area (TPSA) is 48.9 Å². The van der Waals surface area contributed by atoms with Gasteiger partial charge in [-0.1, -0.05) is 18.2 Å². The molecule has 1 heterocycles. The van der Waals surface area contributed by atoms with Crippen molar-refractivity contribution in [1.29, 1.82) is 0 Å². The summed E-state index contributed by atoms with van der Waals surface area (Å²) < 4.78 is 0. The number of aromatic nitrogens is 2. The Morgan fingerprint density at radius 1 is 1.19 bits per heavy atom. The smallest absolute Gasteiger partial charge is 0.138 e. The van der Waals surface area contributed by atoms with Gasteiger partial charge in [0.25, 0.3) is 0 Å². The molecule has 0 amide bonds. The quantitative estimate of drug-likeness (QED) is 0.647. The predicted octanol–water partition coefficient (Wildman–Crippen LogP) is 2.74. The molecule has 2 N–H and O–H groups in total. The summed E-state index contributed by atoms with van der Waals surface area (Å²) in [5.74, 6) is 0.878. The zero-order chi connectivity index (χ0) is 11.0. The van der Waals surface area contributed by atoms with Crippen LogP contribution in [0.25, 0.3) is 22.4 Å². The predicted molar refractivity (Wildman–Crippen MR) is 62.0 cm³/mol. The molecule has 3 aromatic rings. The third-order valence-corrected chi connectivity index (χ3v) is 2.45. The molecule has 0 bridgehead atoms. The molecule has 0 aliphatic rings. The van der Waals surface area contributed by atoms with Crippen molar-refractivity contribution in [3.05, 3.63) is 48.5 Å². The number of hydrogen-bond acceptors (Lipinski definition) is 2. The lowest BCUT2D eigenvalue weighted by atomic mass is 10.2. The summed E-state index contributed by atoms with van der Waals surface area (Å²) in [5.41, 5.74) is 2.77. The Hall–Kier alpha value is -2.29. The van der Waals surface area contributed by atoms with E-state index in [2.05, 4.69) is 16.0 Å². The lowest BCUT2D eigenvalue weighted by Crippen LogP contribution is -1.79. The summed E-state index contributed by atoms with van der Waals surface area (Å²) in [6.45, 7) is 0. The van der Waals surface area contributed by atoms with E-state index >= 15 is 0 Å². The molecular formula is C13H9N2O. The number of rotatable bonds is 1. The highest BCUT2D eigenvalue weighted by Gasteiger charge is 2.04. The van der Waals surface area contributed by atoms with Crippen LogP contribution >= 0.6 is 0 Å². The summed E-state index contributed by atoms with van der Waals surface area (Å²) in [4.78, 5) is 7.65. The first-order valence-electron chi connectivity index (χ1n) is 4.99. The van der Waals surface area contributed by atoms with Gasteiger partial charge in [-0.3, -0.25) is 0 Å². The van der Waals surface area contributed by atoms with E-state index in [1.807, 2.05) is 30.3 Å². The molecule has 0 unspecified atom stereocenters. The number of aromatic hydroxyl groups is 1. The Bertz CT molecular complexity index is 610. The van der Waals surface area contributed by atoms with Crippen LogP contribution < -0.4 is 0 Å². The first-order valence-corrected chi connectivity index (χ1v) is 4.99. The number of imidazole rings is 1. The van der Waals surface area contributed by atoms with Gasteiger partial charge in [0.2, 0.25) is 0 Å². The largest absolute Gasteiger partial charge is 0.507 e. The Labute approximate surface area is 92.4 Å². The van der Waals surface area contributed by atoms with Gasteiger partial charge < -0.3 is 10.1 Å². The second-order valence-electron chi connectivity index (χ2n) is 3.57. The van der Waals surface area contributed by atoms with Crippen LogP contribution in [0.15, 0.2) is 42.5 Å². The van der Waals surface area contributed by atoms with Crippen molar-refractivity contribution < 1.29 is 5.11 Å². The molecule has 0 saturated carbocycles. The summed E-state index contributed by atoms with van der Waals surface area (Å²) in [5, 5.41) is 9.35. The molecule has 2 aromatic carbocycles. The Morgan fingerprint density at radius 3 is 2.88 bits per heavy atom. The van der Waals surface area contributed by atoms with E-state index in [4.69, 9.17) is 0 Å². The zero-order valence-corrected chi connectivity index (χ0v) is 8.44. The summed E-state index contributed by atoms with van der Waals surface area (Å²) in [6.07, 6.45) is 0. The number of benzene rings is 2. The maximum atomic E-state index is 9.35. The number of nitrogens with zero attached hydrogens (tertiary/aromatic N) is 1. The van der Waals surface area contributed by atoms with Crippen molar-refractivity contribution in [3.63, 3.8) is 0 Å². The van der Waals surface area contributed by atoms with Crippen molar-refractivity contribution in [2.24, 2.45) is 0 Å². The molecule has 0 aliphatic heterocycles. The zero-order valence-electron chi connectivity index (χ0n) is 8.44. The second-order valence-corrected chi connectivity index (χ2v) is 3.57. The average Bonchev–Trinajstić information content (AvgIpc) is 2.72. The molecule has 77 valence electrons. The van der Waals surface area contributed by atoms with Crippen LogP contribution in [0.3, 0.4) is 0 Å². The standard InChI is InChI=1S/C13H9N2O/c16-10-5-3-4-9(8-10)13-14-11-6-1-2-7-12(11)15-13/h1-4,6-8,16H,(H,14,15). The van der Waals surface area contributed by atoms with Gasteiger partial charge in [0.15, 0.2) is 0 Å². The highest BCUT2D eigenvalue weighted by molar-refractivity contribution is 5.79. The minimum Gasteiger partial charge on any atom is -0.507 e. The van der Waals surface area contributed by atoms with E-state index in [1.165, 1.54) is 0 Å². The normalized spacial score (nSPS) is 10.8. The lowest BCUT2D eigenvalue weighted by Gasteiger charge is -1.96. The van der Waals surface area contributed by atoms with Crippen LogP contribution in [-0.2, 0) is 0 Å². The maximum absolute atomic E-state index is 9.35. The molecule has 0 aliphatic carbocycles. The number of phenolic OH excluding ortho intramolecular Hbond substituents is 1. The monoisotopic (exact) mass is 209 g/mol. The molecule has 0 spiro atoms. The second kappa shape index (κ2) is 3.38. The van der Waals surface area contributed by atoms with Crippen LogP contribution in [0.5, 0.6) is 5.75 Å². The van der Waals surface area contributed by atoms with Gasteiger partial charge in [0.1, 0.15) is 11.6 Å². The number of nitrogens with one attached hydrogen (secondary N) is 1. The Balaban J connectivity index is 2.19. The SMILES string of the molecule is Oc1[c]ccc(-c2nc3ccccc3[nH]2)c1. The molecule has 0 atom stereocenters. The fraction of sp³-hybridized carbons (Fsp3) is 0. The molecule has 0 fully saturated rings. The summed E-state index contributed by atoms with van der Waals surface area (Å²) in [7, 11) is 0. The van der Waals surface area contributed by atoms with Crippen LogP contribution in [-0.4, -0.2) is 15.1 Å². The van der Waals surface area contributed by atoms with Crippen LogP contribution in [0.4, 0.5) is 0 Å². The van der Waals surface area contributed by atoms with Gasteiger partial charge in [0.05, 0.1) is 11.0 Å². The molecule has 1 radical (unpaired) electrons. The van der Waals surface area contributed by atoms with E-state index in [9.17, 15) is 5.11 Å². The van der Waals surface area contributed by atoms with Crippen molar-refractivity contribution in [2.45, 2.75) is 0 Å². The van der Waals surface area contributed by atoms with Crippen LogP contribution in [0, 0.1) is 6.07 Å². The van der Waals surface area contributed by atoms with Crippen LogP contribution in [0.1, 0.15) is 0 Å². The molecule has 3 heteroatoms. The van der Waals surface area contributed by atoms with E-state index in [-0.39, 0.29) is 5.75 Å². The van der Waals surface area contributed by atoms with E-state index < -0.39 is 0 Å². The van der Waals surface area contributed by atoms with Gasteiger partial charge in [-0.2, -0.15) is 0 Å². The summed E-state index contributed by atoms with van der Waals surface area (Å²) >= 11 is 0. The van der Waals surface area contributed by atoms with Crippen molar-refractivity contribution in [2.75, 3.05) is 0 Å². The third kappa shape index (κ3) is 1.42. The number of fused-ring (bicyclic) bond motifs is 1. The minimum absolute atomic E-state index is 0.123. The molecular weight excluding hydrogens is 200 g/mol. The lowest BCUT2D eigenvalue weighted by molar-refractivity contribution is 0.474. The number of para-hydroxylation sites is 2. The van der Waals surface area contributed by atoms with Gasteiger partial charge in [-0.05, 0) is 24.3 Å². The highest BCUT2D eigenvalue weighted by Crippen LogP contribution is 2.22. The van der Waals surface area contributed by atoms with Crippen LogP contribution in [0.2, 0.25) is 0 Å². The Morgan fingerprint density at radius 2 is 2.06 bits per heavy atom. The first-order chi connectivity index (χ1) is 7.83. The fourth-order valence-corrected chi connectivity index (χ4v) is 1.69. The highest BCUT2D eigenvalue weighted by atomic mass is 16.3. The van der Waals surface area contributed by atoms with E-state index in [0.29, 0.717) is 0 Å². The van der Waals surface area contributed by atoms with Gasteiger partial charge in [-0.15, -0.1) is 0 Å². The summed E-state index contributed by atoms with van der Waals surface area (Å²) in [6, 6.07) is 15.7. The van der Waals surface area contributed by atoms with Gasteiger partial charge >= 0.3 is 0 Å². The first kappa shape index (κ1) is 8.97. The number of hydrogen-bond donors (Lipinski definition) is 2. The molecule has 1 aromatic heterocycles. The number of phenols is 1. The van der Waals surface area contributed by atoms with E-state index in [1.54, 1.807) is 12.1 Å². The Kier molecular flexibility index (Phi) is 1.90. The average molecular weight is 209 g/mol. The minimum atomic E-state index is 0.123. The van der Waals surface area contributed by atoms with E-state index in [0.717, 1.165) is 22.4 Å². The molecule has 16 heavy (non-hydrogen) atoms. The number of aromatic amines is 1. The van der Waals surface area contributed by atoms with Crippen molar-refractivity contribution in [1.82, 2.24) is 9.97 Å². The number of H-pyrrole nitrogens is 1.